The second kappa shape index (κ2) is 10.0. The molecule has 1 N–H and O–H groups in total. The highest BCUT2D eigenvalue weighted by Crippen LogP contribution is 2.20. The molecule has 0 aliphatic heterocycles. The zero-order chi connectivity index (χ0) is 13.9. The molecule has 0 aliphatic carbocycles. The van der Waals surface area contributed by atoms with Crippen LogP contribution in [0.3, 0.4) is 0 Å². The van der Waals surface area contributed by atoms with Crippen molar-refractivity contribution in [2.45, 2.75) is 71.3 Å². The molecule has 1 heteroatoms. The number of aryl methyl sites for hydroxylation is 1. The molecule has 1 aromatic rings. The molecule has 0 amide bonds. The summed E-state index contributed by atoms with van der Waals surface area (Å²) >= 11 is 0. The Bertz CT molecular complexity index is 315. The smallest absolute Gasteiger partial charge is 0.0317 e. The van der Waals surface area contributed by atoms with E-state index in [4.69, 9.17) is 0 Å². The average Bonchev–Trinajstić information content (AvgIpc) is 2.46. The van der Waals surface area contributed by atoms with Crippen molar-refractivity contribution in [3.05, 3.63) is 35.4 Å². The topological polar surface area (TPSA) is 12.0 Å². The van der Waals surface area contributed by atoms with Gasteiger partial charge in [-0.15, -0.1) is 0 Å². The van der Waals surface area contributed by atoms with Gasteiger partial charge in [0.05, 0.1) is 0 Å². The highest BCUT2D eigenvalue weighted by atomic mass is 14.9. The van der Waals surface area contributed by atoms with Gasteiger partial charge < -0.3 is 5.32 Å². The van der Waals surface area contributed by atoms with Crippen LogP contribution in [-0.2, 0) is 6.42 Å². The summed E-state index contributed by atoms with van der Waals surface area (Å²) in [5.41, 5.74) is 2.92. The highest BCUT2D eigenvalue weighted by Gasteiger charge is 2.08. The zero-order valence-corrected chi connectivity index (χ0v) is 13.0. The van der Waals surface area contributed by atoms with Crippen LogP contribution in [0.15, 0.2) is 24.3 Å². The van der Waals surface area contributed by atoms with Crippen LogP contribution in [0.2, 0.25) is 0 Å². The van der Waals surface area contributed by atoms with Crippen LogP contribution in [0.5, 0.6) is 0 Å². The maximum absolute atomic E-state index is 3.46. The predicted octanol–water partition coefficient (Wildman–Crippen LogP) is 5.26. The molecule has 0 aromatic heterocycles. The lowest BCUT2D eigenvalue weighted by Crippen LogP contribution is -2.16. The van der Waals surface area contributed by atoms with Crippen molar-refractivity contribution in [3.8, 4) is 0 Å². The SMILES string of the molecule is CCCCCCC(NC)c1ccc(CCCC)cc1. The second-order valence-corrected chi connectivity index (χ2v) is 5.54. The van der Waals surface area contributed by atoms with E-state index in [9.17, 15) is 0 Å². The summed E-state index contributed by atoms with van der Waals surface area (Å²) in [6, 6.07) is 9.76. The van der Waals surface area contributed by atoms with Crippen LogP contribution in [-0.4, -0.2) is 7.05 Å². The molecule has 108 valence electrons. The molecule has 0 aliphatic rings. The molecule has 0 spiro atoms. The Morgan fingerprint density at radius 2 is 1.58 bits per heavy atom. The maximum Gasteiger partial charge on any atom is 0.0317 e. The van der Waals surface area contributed by atoms with Gasteiger partial charge >= 0.3 is 0 Å². The number of rotatable bonds is 10. The molecule has 0 fully saturated rings. The van der Waals surface area contributed by atoms with E-state index in [0.29, 0.717) is 6.04 Å². The van der Waals surface area contributed by atoms with Crippen LogP contribution >= 0.6 is 0 Å². The van der Waals surface area contributed by atoms with Crippen LogP contribution < -0.4 is 5.32 Å². The zero-order valence-electron chi connectivity index (χ0n) is 13.0. The van der Waals surface area contributed by atoms with E-state index in [1.807, 2.05) is 0 Å². The van der Waals surface area contributed by atoms with Crippen molar-refractivity contribution >= 4 is 0 Å². The fourth-order valence-electron chi connectivity index (χ4n) is 2.55. The van der Waals surface area contributed by atoms with E-state index in [1.54, 1.807) is 0 Å². The summed E-state index contributed by atoms with van der Waals surface area (Å²) in [4.78, 5) is 0. The van der Waals surface area contributed by atoms with Crippen molar-refractivity contribution in [3.63, 3.8) is 0 Å². The number of nitrogens with one attached hydrogen (secondary N) is 1. The molecule has 0 saturated heterocycles. The maximum atomic E-state index is 3.46. The molecule has 1 unspecified atom stereocenters. The van der Waals surface area contributed by atoms with Crippen molar-refractivity contribution in [2.24, 2.45) is 0 Å². The number of unbranched alkanes of at least 4 members (excludes halogenated alkanes) is 4. The van der Waals surface area contributed by atoms with E-state index in [1.165, 1.54) is 62.5 Å². The number of hydrogen-bond acceptors (Lipinski definition) is 1. The van der Waals surface area contributed by atoms with Gasteiger partial charge in [-0.3, -0.25) is 0 Å². The van der Waals surface area contributed by atoms with Crippen molar-refractivity contribution in [1.29, 1.82) is 0 Å². The first-order chi connectivity index (χ1) is 9.31. The average molecular weight is 261 g/mol. The molecule has 0 radical (unpaired) electrons. The van der Waals surface area contributed by atoms with Gasteiger partial charge in [0.15, 0.2) is 0 Å². The molecule has 1 atom stereocenters. The minimum Gasteiger partial charge on any atom is -0.313 e. The Hall–Kier alpha value is -0.820. The molecule has 19 heavy (non-hydrogen) atoms. The van der Waals surface area contributed by atoms with Gasteiger partial charge in [0, 0.05) is 6.04 Å². The van der Waals surface area contributed by atoms with Crippen molar-refractivity contribution in [2.75, 3.05) is 7.05 Å². The Kier molecular flexibility index (Phi) is 8.57. The quantitative estimate of drug-likeness (QED) is 0.566. The van der Waals surface area contributed by atoms with E-state index in [-0.39, 0.29) is 0 Å². The molecule has 0 heterocycles. The summed E-state index contributed by atoms with van der Waals surface area (Å²) in [6.45, 7) is 4.52. The molecule has 1 rings (SSSR count). The molecule has 1 nitrogen and oxygen atoms in total. The van der Waals surface area contributed by atoms with Crippen LogP contribution in [0.25, 0.3) is 0 Å². The predicted molar refractivity (Wildman–Crippen MR) is 85.6 cm³/mol. The van der Waals surface area contributed by atoms with Crippen LogP contribution in [0, 0.1) is 0 Å². The van der Waals surface area contributed by atoms with Gasteiger partial charge in [0.1, 0.15) is 0 Å². The molecular weight excluding hydrogens is 230 g/mol. The molecular formula is C18H31N. The first kappa shape index (κ1) is 16.2. The standard InChI is InChI=1S/C18H31N/c1-4-6-8-9-11-18(19-3)17-14-12-16(13-15-17)10-7-5-2/h12-15,18-19H,4-11H2,1-3H3. The van der Waals surface area contributed by atoms with Gasteiger partial charge in [-0.1, -0.05) is 70.2 Å². The lowest BCUT2D eigenvalue weighted by Gasteiger charge is -2.17. The summed E-state index contributed by atoms with van der Waals surface area (Å²) < 4.78 is 0. The first-order valence-corrected chi connectivity index (χ1v) is 8.07. The third-order valence-electron chi connectivity index (χ3n) is 3.90. The Morgan fingerprint density at radius 1 is 0.895 bits per heavy atom. The largest absolute Gasteiger partial charge is 0.313 e. The minimum atomic E-state index is 0.525. The van der Waals surface area contributed by atoms with Crippen LogP contribution in [0.4, 0.5) is 0 Å². The molecule has 1 aromatic carbocycles. The van der Waals surface area contributed by atoms with Crippen molar-refractivity contribution in [1.82, 2.24) is 5.32 Å². The van der Waals surface area contributed by atoms with Gasteiger partial charge in [0.25, 0.3) is 0 Å². The Labute approximate surface area is 119 Å². The normalized spacial score (nSPS) is 12.6. The second-order valence-electron chi connectivity index (χ2n) is 5.54. The monoisotopic (exact) mass is 261 g/mol. The number of hydrogen-bond donors (Lipinski definition) is 1. The van der Waals surface area contributed by atoms with E-state index >= 15 is 0 Å². The fraction of sp³-hybridized carbons (Fsp3) is 0.667. The van der Waals surface area contributed by atoms with Gasteiger partial charge in [-0.2, -0.15) is 0 Å². The molecule has 0 bridgehead atoms. The van der Waals surface area contributed by atoms with Crippen molar-refractivity contribution < 1.29 is 0 Å². The van der Waals surface area contributed by atoms with Gasteiger partial charge in [-0.05, 0) is 37.4 Å². The van der Waals surface area contributed by atoms with E-state index in [2.05, 4.69) is 50.5 Å². The lowest BCUT2D eigenvalue weighted by atomic mass is 9.98. The summed E-state index contributed by atoms with van der Waals surface area (Å²) in [6.07, 6.45) is 10.4. The van der Waals surface area contributed by atoms with Gasteiger partial charge in [0.2, 0.25) is 0 Å². The van der Waals surface area contributed by atoms with E-state index < -0.39 is 0 Å². The minimum absolute atomic E-state index is 0.525. The lowest BCUT2D eigenvalue weighted by molar-refractivity contribution is 0.505. The first-order valence-electron chi connectivity index (χ1n) is 8.07. The highest BCUT2D eigenvalue weighted by molar-refractivity contribution is 5.25. The number of benzene rings is 1. The fourth-order valence-corrected chi connectivity index (χ4v) is 2.55. The Morgan fingerprint density at radius 3 is 2.16 bits per heavy atom. The third-order valence-corrected chi connectivity index (χ3v) is 3.90. The Balaban J connectivity index is 2.46. The van der Waals surface area contributed by atoms with Gasteiger partial charge in [-0.25, -0.2) is 0 Å². The third kappa shape index (κ3) is 6.24. The summed E-state index contributed by atoms with van der Waals surface area (Å²) in [5, 5.41) is 3.46. The van der Waals surface area contributed by atoms with E-state index in [0.717, 1.165) is 0 Å². The molecule has 0 saturated carbocycles. The summed E-state index contributed by atoms with van der Waals surface area (Å²) in [7, 11) is 2.08. The van der Waals surface area contributed by atoms with Crippen LogP contribution in [0.1, 0.15) is 76.0 Å². The summed E-state index contributed by atoms with van der Waals surface area (Å²) in [5.74, 6) is 0.